The summed E-state index contributed by atoms with van der Waals surface area (Å²) in [5, 5.41) is 2.96. The molecule has 1 amide bonds. The number of carbonyl (C=O) groups is 1. The Labute approximate surface area is 168 Å². The lowest BCUT2D eigenvalue weighted by molar-refractivity contribution is 0.0936. The number of benzene rings is 2. The molecule has 0 spiro atoms. The molecule has 6 nitrogen and oxygen atoms in total. The van der Waals surface area contributed by atoms with E-state index in [1.54, 1.807) is 12.3 Å². The molecule has 0 saturated carbocycles. The van der Waals surface area contributed by atoms with Gasteiger partial charge in [-0.25, -0.2) is 14.4 Å². The smallest absolute Gasteiger partial charge is 0.255 e. The maximum atomic E-state index is 13.9. The number of hydrogen-bond donors (Lipinski definition) is 1. The number of nitrogens with one attached hydrogen (secondary N) is 1. The fourth-order valence-corrected chi connectivity index (χ4v) is 3.49. The predicted molar refractivity (Wildman–Crippen MR) is 109 cm³/mol. The van der Waals surface area contributed by atoms with E-state index < -0.39 is 5.82 Å². The van der Waals surface area contributed by atoms with Gasteiger partial charge in [-0.3, -0.25) is 4.79 Å². The molecule has 1 fully saturated rings. The Morgan fingerprint density at radius 2 is 2.00 bits per heavy atom. The van der Waals surface area contributed by atoms with Gasteiger partial charge in [0.25, 0.3) is 5.91 Å². The van der Waals surface area contributed by atoms with Gasteiger partial charge < -0.3 is 15.0 Å². The molecule has 2 heterocycles. The lowest BCUT2D eigenvalue weighted by Crippen LogP contribution is -2.37. The minimum atomic E-state index is -0.556. The molecule has 0 bridgehead atoms. The van der Waals surface area contributed by atoms with Crippen LogP contribution >= 0.6 is 0 Å². The molecule has 1 aromatic heterocycles. The Morgan fingerprint density at radius 1 is 1.17 bits per heavy atom. The van der Waals surface area contributed by atoms with E-state index in [0.717, 1.165) is 24.2 Å². The van der Waals surface area contributed by atoms with Crippen LogP contribution in [0.5, 0.6) is 5.75 Å². The molecule has 29 heavy (non-hydrogen) atoms. The third-order valence-electron chi connectivity index (χ3n) is 4.93. The summed E-state index contributed by atoms with van der Waals surface area (Å²) < 4.78 is 18.9. The molecule has 0 radical (unpaired) electrons. The first-order valence-corrected chi connectivity index (χ1v) is 9.42. The lowest BCUT2D eigenvalue weighted by Gasteiger charge is -2.18. The Morgan fingerprint density at radius 3 is 2.79 bits per heavy atom. The van der Waals surface area contributed by atoms with Crippen LogP contribution in [-0.4, -0.2) is 42.1 Å². The van der Waals surface area contributed by atoms with Gasteiger partial charge in [0.05, 0.1) is 18.4 Å². The number of halogens is 1. The third-order valence-corrected chi connectivity index (χ3v) is 4.93. The van der Waals surface area contributed by atoms with E-state index >= 15 is 0 Å². The van der Waals surface area contributed by atoms with Crippen LogP contribution in [0.1, 0.15) is 16.8 Å². The Balaban J connectivity index is 1.45. The van der Waals surface area contributed by atoms with Gasteiger partial charge in [-0.05, 0) is 24.6 Å². The van der Waals surface area contributed by atoms with Gasteiger partial charge in [0, 0.05) is 30.9 Å². The highest BCUT2D eigenvalue weighted by Crippen LogP contribution is 2.24. The van der Waals surface area contributed by atoms with E-state index in [1.807, 2.05) is 41.3 Å². The van der Waals surface area contributed by atoms with Crippen LogP contribution in [0.3, 0.4) is 0 Å². The number of rotatable bonds is 5. The van der Waals surface area contributed by atoms with Gasteiger partial charge >= 0.3 is 0 Å². The van der Waals surface area contributed by atoms with Gasteiger partial charge in [-0.1, -0.05) is 36.4 Å². The zero-order valence-corrected chi connectivity index (χ0v) is 16.0. The second kappa shape index (κ2) is 8.26. The van der Waals surface area contributed by atoms with Crippen LogP contribution in [0.25, 0.3) is 11.3 Å². The van der Waals surface area contributed by atoms with Crippen molar-refractivity contribution in [3.8, 4) is 17.0 Å². The molecule has 2 aromatic carbocycles. The van der Waals surface area contributed by atoms with E-state index in [4.69, 9.17) is 4.74 Å². The Kier molecular flexibility index (Phi) is 5.37. The average molecular weight is 392 g/mol. The van der Waals surface area contributed by atoms with Crippen molar-refractivity contribution < 1.29 is 13.9 Å². The molecule has 0 aliphatic carbocycles. The summed E-state index contributed by atoms with van der Waals surface area (Å²) in [5.41, 5.74) is 2.07. The normalized spacial score (nSPS) is 15.9. The van der Waals surface area contributed by atoms with Crippen LogP contribution < -0.4 is 15.0 Å². The monoisotopic (exact) mass is 392 g/mol. The molecular weight excluding hydrogens is 371 g/mol. The Hall–Kier alpha value is -3.48. The highest BCUT2D eigenvalue weighted by molar-refractivity contribution is 5.97. The van der Waals surface area contributed by atoms with Crippen molar-refractivity contribution in [2.24, 2.45) is 0 Å². The summed E-state index contributed by atoms with van der Waals surface area (Å²) in [6.07, 6.45) is 2.50. The van der Waals surface area contributed by atoms with Gasteiger partial charge in [0.1, 0.15) is 0 Å². The first kappa shape index (κ1) is 18.9. The number of para-hydroxylation sites is 1. The zero-order chi connectivity index (χ0) is 20.2. The number of carbonyl (C=O) groups excluding carboxylic acids is 1. The maximum Gasteiger partial charge on any atom is 0.255 e. The molecule has 7 heteroatoms. The fraction of sp³-hybridized carbons (Fsp3) is 0.227. The molecule has 1 aliphatic heterocycles. The van der Waals surface area contributed by atoms with E-state index in [9.17, 15) is 9.18 Å². The number of ether oxygens (including phenoxy) is 1. The van der Waals surface area contributed by atoms with Crippen molar-refractivity contribution in [2.45, 2.75) is 12.5 Å². The summed E-state index contributed by atoms with van der Waals surface area (Å²) in [6.45, 7) is 1.31. The molecule has 148 valence electrons. The standard InChI is InChI=1S/C22H21FN4O2/c1-29-20-17(8-5-9-18(20)23)21(28)25-16-11-13-27(14-16)22-24-12-10-19(26-22)15-6-3-2-4-7-15/h2-10,12,16H,11,13-14H2,1H3,(H,25,28). The topological polar surface area (TPSA) is 67.3 Å². The average Bonchev–Trinajstić information content (AvgIpc) is 3.23. The van der Waals surface area contributed by atoms with E-state index in [1.165, 1.54) is 19.2 Å². The predicted octanol–water partition coefficient (Wildman–Crippen LogP) is 3.30. The van der Waals surface area contributed by atoms with Gasteiger partial charge in [-0.2, -0.15) is 0 Å². The van der Waals surface area contributed by atoms with Gasteiger partial charge in [0.2, 0.25) is 5.95 Å². The highest BCUT2D eigenvalue weighted by atomic mass is 19.1. The van der Waals surface area contributed by atoms with Crippen LogP contribution in [0.2, 0.25) is 0 Å². The number of methoxy groups -OCH3 is 1. The third kappa shape index (κ3) is 4.03. The minimum absolute atomic E-state index is 0.0428. The van der Waals surface area contributed by atoms with Crippen molar-refractivity contribution >= 4 is 11.9 Å². The van der Waals surface area contributed by atoms with Crippen molar-refractivity contribution in [1.82, 2.24) is 15.3 Å². The van der Waals surface area contributed by atoms with E-state index in [2.05, 4.69) is 15.3 Å². The molecular formula is C22H21FN4O2. The fourth-order valence-electron chi connectivity index (χ4n) is 3.49. The number of aromatic nitrogens is 2. The summed E-state index contributed by atoms with van der Waals surface area (Å²) in [7, 11) is 1.35. The Bertz CT molecular complexity index is 1010. The quantitative estimate of drug-likeness (QED) is 0.722. The van der Waals surface area contributed by atoms with E-state index in [-0.39, 0.29) is 23.3 Å². The van der Waals surface area contributed by atoms with Gasteiger partial charge in [-0.15, -0.1) is 0 Å². The van der Waals surface area contributed by atoms with Crippen LogP contribution in [-0.2, 0) is 0 Å². The second-order valence-electron chi connectivity index (χ2n) is 6.83. The number of anilines is 1. The molecule has 1 unspecified atom stereocenters. The van der Waals surface area contributed by atoms with Crippen molar-refractivity contribution in [3.05, 3.63) is 72.2 Å². The van der Waals surface area contributed by atoms with Crippen molar-refractivity contribution in [2.75, 3.05) is 25.1 Å². The van der Waals surface area contributed by atoms with Crippen LogP contribution in [0.4, 0.5) is 10.3 Å². The van der Waals surface area contributed by atoms with E-state index in [0.29, 0.717) is 12.5 Å². The second-order valence-corrected chi connectivity index (χ2v) is 6.83. The zero-order valence-electron chi connectivity index (χ0n) is 16.0. The summed E-state index contributed by atoms with van der Waals surface area (Å²) in [5.74, 6) is -0.323. The molecule has 3 aromatic rings. The minimum Gasteiger partial charge on any atom is -0.493 e. The first-order chi connectivity index (χ1) is 14.2. The summed E-state index contributed by atoms with van der Waals surface area (Å²) >= 11 is 0. The molecule has 1 saturated heterocycles. The number of amides is 1. The maximum absolute atomic E-state index is 13.9. The first-order valence-electron chi connectivity index (χ1n) is 9.42. The molecule has 4 rings (SSSR count). The molecule has 1 aliphatic rings. The number of nitrogens with zero attached hydrogens (tertiary/aromatic N) is 3. The molecule has 1 N–H and O–H groups in total. The lowest BCUT2D eigenvalue weighted by atomic mass is 10.1. The SMILES string of the molecule is COc1c(F)cccc1C(=O)NC1CCN(c2nccc(-c3ccccc3)n2)C1. The molecule has 1 atom stereocenters. The number of hydrogen-bond acceptors (Lipinski definition) is 5. The van der Waals surface area contributed by atoms with Crippen molar-refractivity contribution in [1.29, 1.82) is 0 Å². The highest BCUT2D eigenvalue weighted by Gasteiger charge is 2.27. The summed E-state index contributed by atoms with van der Waals surface area (Å²) in [6, 6.07) is 16.0. The van der Waals surface area contributed by atoms with Gasteiger partial charge in [0.15, 0.2) is 11.6 Å². The van der Waals surface area contributed by atoms with Crippen molar-refractivity contribution in [3.63, 3.8) is 0 Å². The largest absolute Gasteiger partial charge is 0.493 e. The summed E-state index contributed by atoms with van der Waals surface area (Å²) in [4.78, 5) is 23.7. The van der Waals surface area contributed by atoms with Crippen LogP contribution in [0, 0.1) is 5.82 Å². The van der Waals surface area contributed by atoms with Crippen LogP contribution in [0.15, 0.2) is 60.8 Å².